The smallest absolute Gasteiger partial charge is 0.0715 e. The highest BCUT2D eigenvalue weighted by Gasteiger charge is 2.22. The van der Waals surface area contributed by atoms with Crippen molar-refractivity contribution in [3.8, 4) is 0 Å². The Morgan fingerprint density at radius 1 is 1.26 bits per heavy atom. The van der Waals surface area contributed by atoms with Crippen molar-refractivity contribution in [3.63, 3.8) is 0 Å². The molecule has 0 bridgehead atoms. The summed E-state index contributed by atoms with van der Waals surface area (Å²) in [5.41, 5.74) is 1.09. The van der Waals surface area contributed by atoms with Crippen molar-refractivity contribution in [2.24, 2.45) is 5.10 Å². The predicted octanol–water partition coefficient (Wildman–Crippen LogP) is 1.65. The van der Waals surface area contributed by atoms with Crippen LogP contribution in [0.15, 0.2) is 29.4 Å². The number of carboxylic acids is 1. The van der Waals surface area contributed by atoms with Gasteiger partial charge in [-0.1, -0.05) is 24.3 Å². The molecule has 1 aliphatic heterocycles. The molecule has 0 amide bonds. The molecule has 0 radical (unpaired) electrons. The summed E-state index contributed by atoms with van der Waals surface area (Å²) in [6, 6.07) is 7.49. The number of benzene rings is 1. The van der Waals surface area contributed by atoms with Crippen molar-refractivity contribution in [3.05, 3.63) is 35.4 Å². The monoisotopic (exact) mass is 259 g/mol. The molecule has 102 valence electrons. The van der Waals surface area contributed by atoms with Gasteiger partial charge >= 0.3 is 0 Å². The fraction of sp³-hybridized carbons (Fsp3) is 0.467. The SMILES string of the molecule is C[C@@H]1CCC[C@@H](C)N1/N=C\c1ccc(C(=O)[O-])cc1. The van der Waals surface area contributed by atoms with Gasteiger partial charge in [0.15, 0.2) is 0 Å². The van der Waals surface area contributed by atoms with Crippen LogP contribution in [-0.2, 0) is 0 Å². The number of piperidine rings is 1. The third-order valence-corrected chi connectivity index (χ3v) is 3.63. The van der Waals surface area contributed by atoms with Gasteiger partial charge in [-0.3, -0.25) is 5.01 Å². The van der Waals surface area contributed by atoms with E-state index in [4.69, 9.17) is 0 Å². The van der Waals surface area contributed by atoms with Crippen LogP contribution < -0.4 is 5.11 Å². The van der Waals surface area contributed by atoms with Crippen LogP contribution >= 0.6 is 0 Å². The van der Waals surface area contributed by atoms with Crippen molar-refractivity contribution in [1.29, 1.82) is 0 Å². The molecule has 1 fully saturated rings. The van der Waals surface area contributed by atoms with Gasteiger partial charge < -0.3 is 9.90 Å². The molecule has 1 saturated heterocycles. The van der Waals surface area contributed by atoms with Crippen LogP contribution in [-0.4, -0.2) is 29.3 Å². The van der Waals surface area contributed by atoms with Gasteiger partial charge in [-0.25, -0.2) is 0 Å². The van der Waals surface area contributed by atoms with E-state index in [0.29, 0.717) is 12.1 Å². The summed E-state index contributed by atoms with van der Waals surface area (Å²) in [6.07, 6.45) is 5.39. The largest absolute Gasteiger partial charge is 0.545 e. The number of hydrogen-bond donors (Lipinski definition) is 0. The minimum absolute atomic E-state index is 0.192. The minimum atomic E-state index is -1.15. The Balaban J connectivity index is 2.07. The Hall–Kier alpha value is -1.84. The summed E-state index contributed by atoms with van der Waals surface area (Å²) in [5.74, 6) is -1.15. The summed E-state index contributed by atoms with van der Waals surface area (Å²) in [5, 5.41) is 17.3. The molecular weight excluding hydrogens is 240 g/mol. The topological polar surface area (TPSA) is 55.7 Å². The highest BCUT2D eigenvalue weighted by Crippen LogP contribution is 2.22. The molecule has 0 aromatic heterocycles. The number of carbonyl (C=O) groups excluding carboxylic acids is 1. The van der Waals surface area contributed by atoms with Crippen LogP contribution in [0.1, 0.15) is 49.0 Å². The lowest BCUT2D eigenvalue weighted by Crippen LogP contribution is -2.39. The molecule has 0 saturated carbocycles. The summed E-state index contributed by atoms with van der Waals surface area (Å²) in [4.78, 5) is 10.7. The molecule has 2 rings (SSSR count). The van der Waals surface area contributed by atoms with Crippen molar-refractivity contribution in [2.45, 2.75) is 45.2 Å². The van der Waals surface area contributed by atoms with Crippen LogP contribution in [0.2, 0.25) is 0 Å². The summed E-state index contributed by atoms with van der Waals surface area (Å²) < 4.78 is 0. The quantitative estimate of drug-likeness (QED) is 0.775. The number of carbonyl (C=O) groups is 1. The Morgan fingerprint density at radius 2 is 1.84 bits per heavy atom. The lowest BCUT2D eigenvalue weighted by molar-refractivity contribution is -0.255. The van der Waals surface area contributed by atoms with Gasteiger partial charge in [0, 0.05) is 12.1 Å². The first-order valence-electron chi connectivity index (χ1n) is 6.71. The zero-order valence-electron chi connectivity index (χ0n) is 11.4. The maximum absolute atomic E-state index is 10.7. The molecule has 1 heterocycles. The number of nitrogens with zero attached hydrogens (tertiary/aromatic N) is 2. The van der Waals surface area contributed by atoms with E-state index in [-0.39, 0.29) is 5.56 Å². The van der Waals surface area contributed by atoms with Crippen molar-refractivity contribution in [1.82, 2.24) is 5.01 Å². The highest BCUT2D eigenvalue weighted by molar-refractivity contribution is 5.87. The van der Waals surface area contributed by atoms with E-state index in [0.717, 1.165) is 5.56 Å². The number of hydrazone groups is 1. The first kappa shape index (κ1) is 13.6. The molecule has 1 aromatic rings. The molecule has 0 spiro atoms. The first-order valence-corrected chi connectivity index (χ1v) is 6.71. The van der Waals surface area contributed by atoms with Gasteiger partial charge in [0.2, 0.25) is 0 Å². The number of aromatic carboxylic acids is 1. The second-order valence-electron chi connectivity index (χ2n) is 5.16. The Labute approximate surface area is 113 Å². The molecule has 1 aliphatic rings. The maximum atomic E-state index is 10.7. The van der Waals surface area contributed by atoms with Gasteiger partial charge in [0.1, 0.15) is 0 Å². The average Bonchev–Trinajstić information content (AvgIpc) is 2.38. The fourth-order valence-electron chi connectivity index (χ4n) is 2.47. The van der Waals surface area contributed by atoms with Gasteiger partial charge in [-0.2, -0.15) is 5.10 Å². The molecule has 4 heteroatoms. The number of hydrogen-bond acceptors (Lipinski definition) is 4. The van der Waals surface area contributed by atoms with Gasteiger partial charge in [-0.15, -0.1) is 0 Å². The summed E-state index contributed by atoms with van der Waals surface area (Å²) in [7, 11) is 0. The third-order valence-electron chi connectivity index (χ3n) is 3.63. The number of carboxylic acid groups (broad SMARTS) is 1. The average molecular weight is 259 g/mol. The van der Waals surface area contributed by atoms with Crippen LogP contribution in [0.3, 0.4) is 0 Å². The van der Waals surface area contributed by atoms with Crippen molar-refractivity contribution >= 4 is 12.2 Å². The minimum Gasteiger partial charge on any atom is -0.545 e. The normalized spacial score (nSPS) is 23.8. The van der Waals surface area contributed by atoms with Crippen LogP contribution in [0.25, 0.3) is 0 Å². The van der Waals surface area contributed by atoms with Gasteiger partial charge in [-0.05, 0) is 44.2 Å². The second kappa shape index (κ2) is 5.87. The molecule has 0 unspecified atom stereocenters. The van der Waals surface area contributed by atoms with E-state index in [1.54, 1.807) is 30.5 Å². The van der Waals surface area contributed by atoms with Crippen LogP contribution in [0, 0.1) is 0 Å². The van der Waals surface area contributed by atoms with Gasteiger partial charge in [0.25, 0.3) is 0 Å². The van der Waals surface area contributed by atoms with E-state index in [1.807, 2.05) is 0 Å². The molecule has 4 nitrogen and oxygen atoms in total. The van der Waals surface area contributed by atoms with Crippen molar-refractivity contribution < 1.29 is 9.90 Å². The summed E-state index contributed by atoms with van der Waals surface area (Å²) >= 11 is 0. The van der Waals surface area contributed by atoms with E-state index >= 15 is 0 Å². The molecule has 0 N–H and O–H groups in total. The fourth-order valence-corrected chi connectivity index (χ4v) is 2.47. The molecule has 1 aromatic carbocycles. The third kappa shape index (κ3) is 3.34. The van der Waals surface area contributed by atoms with Crippen LogP contribution in [0.4, 0.5) is 0 Å². The lowest BCUT2D eigenvalue weighted by Gasteiger charge is -2.36. The zero-order valence-corrected chi connectivity index (χ0v) is 11.4. The Morgan fingerprint density at radius 3 is 2.37 bits per heavy atom. The maximum Gasteiger partial charge on any atom is 0.0715 e. The molecule has 2 atom stereocenters. The Bertz CT molecular complexity index is 458. The van der Waals surface area contributed by atoms with Crippen LogP contribution in [0.5, 0.6) is 0 Å². The molecule has 0 aliphatic carbocycles. The Kier molecular flexibility index (Phi) is 4.20. The van der Waals surface area contributed by atoms with E-state index in [2.05, 4.69) is 24.0 Å². The molecule has 19 heavy (non-hydrogen) atoms. The zero-order chi connectivity index (χ0) is 13.8. The predicted molar refractivity (Wildman–Crippen MR) is 73.0 cm³/mol. The van der Waals surface area contributed by atoms with E-state index < -0.39 is 5.97 Å². The number of rotatable bonds is 3. The van der Waals surface area contributed by atoms with Crippen molar-refractivity contribution in [2.75, 3.05) is 0 Å². The summed E-state index contributed by atoms with van der Waals surface area (Å²) in [6.45, 7) is 4.37. The highest BCUT2D eigenvalue weighted by atomic mass is 16.4. The van der Waals surface area contributed by atoms with E-state index in [9.17, 15) is 9.90 Å². The standard InChI is InChI=1S/C15H20N2O2/c1-11-4-3-5-12(2)17(11)16-10-13-6-8-14(9-7-13)15(18)19/h6-12H,3-5H2,1-2H3,(H,18,19)/p-1/b16-10-/t11-,12-/m1/s1. The van der Waals surface area contributed by atoms with Gasteiger partial charge in [0.05, 0.1) is 12.2 Å². The first-order chi connectivity index (χ1) is 9.08. The lowest BCUT2D eigenvalue weighted by atomic mass is 10.00. The molecular formula is C15H19N2O2-. The van der Waals surface area contributed by atoms with E-state index in [1.165, 1.54) is 19.3 Å². The second-order valence-corrected chi connectivity index (χ2v) is 5.16.